The van der Waals surface area contributed by atoms with Crippen LogP contribution < -0.4 is 5.32 Å². The maximum atomic E-state index is 11.8. The fourth-order valence-electron chi connectivity index (χ4n) is 2.17. The molecule has 0 unspecified atom stereocenters. The molecule has 1 aromatic rings. The lowest BCUT2D eigenvalue weighted by atomic mass is 10.2. The Kier molecular flexibility index (Phi) is 13.3. The Bertz CT molecular complexity index is 620. The molecular formula is C22H36N2O7. The van der Waals surface area contributed by atoms with Crippen molar-refractivity contribution in [3.8, 4) is 0 Å². The summed E-state index contributed by atoms with van der Waals surface area (Å²) in [6.07, 6.45) is -0.846. The fraction of sp³-hybridized carbons (Fsp3) is 0.636. The van der Waals surface area contributed by atoms with Gasteiger partial charge >= 0.3 is 12.2 Å². The summed E-state index contributed by atoms with van der Waals surface area (Å²) in [5, 5.41) is 2.62. The van der Waals surface area contributed by atoms with Crippen molar-refractivity contribution in [3.05, 3.63) is 35.9 Å². The standard InChI is InChI=1S/C22H36N2O7/c1-22(2,3)31-21(26)24(4)11-13-28-15-17-29-16-14-27-12-10-23-20(25)30-18-19-8-6-5-7-9-19/h5-9H,10-18H2,1-4H3,(H,23,25). The maximum absolute atomic E-state index is 11.8. The van der Waals surface area contributed by atoms with E-state index in [9.17, 15) is 9.59 Å². The molecule has 1 N–H and O–H groups in total. The van der Waals surface area contributed by atoms with Gasteiger partial charge in [0.2, 0.25) is 0 Å². The average molecular weight is 441 g/mol. The van der Waals surface area contributed by atoms with E-state index in [1.54, 1.807) is 7.05 Å². The van der Waals surface area contributed by atoms with Gasteiger partial charge in [-0.05, 0) is 26.3 Å². The predicted octanol–water partition coefficient (Wildman–Crippen LogP) is 2.83. The summed E-state index contributed by atoms with van der Waals surface area (Å²) in [6.45, 7) is 9.01. The van der Waals surface area contributed by atoms with Crippen LogP contribution in [0, 0.1) is 0 Å². The number of nitrogens with one attached hydrogen (secondary N) is 1. The van der Waals surface area contributed by atoms with Crippen LogP contribution in [0.5, 0.6) is 0 Å². The van der Waals surface area contributed by atoms with Gasteiger partial charge in [-0.2, -0.15) is 0 Å². The number of carbonyl (C=O) groups is 2. The molecule has 0 aromatic heterocycles. The van der Waals surface area contributed by atoms with Crippen LogP contribution in [0.15, 0.2) is 30.3 Å². The Morgan fingerprint density at radius 3 is 2.10 bits per heavy atom. The van der Waals surface area contributed by atoms with E-state index in [1.165, 1.54) is 4.90 Å². The van der Waals surface area contributed by atoms with Gasteiger partial charge in [0.05, 0.1) is 39.6 Å². The number of likely N-dealkylation sites (N-methyl/N-ethyl adjacent to an activating group) is 1. The molecule has 0 aliphatic heterocycles. The third-order valence-electron chi connectivity index (χ3n) is 3.75. The highest BCUT2D eigenvalue weighted by atomic mass is 16.6. The number of hydrogen-bond acceptors (Lipinski definition) is 7. The van der Waals surface area contributed by atoms with E-state index >= 15 is 0 Å². The quantitative estimate of drug-likeness (QED) is 0.445. The molecule has 0 bridgehead atoms. The van der Waals surface area contributed by atoms with Crippen molar-refractivity contribution in [2.75, 3.05) is 59.8 Å². The van der Waals surface area contributed by atoms with E-state index in [-0.39, 0.29) is 12.7 Å². The minimum Gasteiger partial charge on any atom is -0.445 e. The number of alkyl carbamates (subject to hydrolysis) is 1. The topological polar surface area (TPSA) is 95.6 Å². The van der Waals surface area contributed by atoms with E-state index < -0.39 is 11.7 Å². The monoisotopic (exact) mass is 440 g/mol. The Hall–Kier alpha value is -2.36. The summed E-state index contributed by atoms with van der Waals surface area (Å²) >= 11 is 0. The summed E-state index contributed by atoms with van der Waals surface area (Å²) in [5.74, 6) is 0. The lowest BCUT2D eigenvalue weighted by Gasteiger charge is -2.24. The number of ether oxygens (including phenoxy) is 5. The van der Waals surface area contributed by atoms with Crippen LogP contribution in [0.3, 0.4) is 0 Å². The molecule has 1 aromatic carbocycles. The Balaban J connectivity index is 1.86. The first-order chi connectivity index (χ1) is 14.8. The van der Waals surface area contributed by atoms with Crippen molar-refractivity contribution < 1.29 is 33.3 Å². The summed E-state index contributed by atoms with van der Waals surface area (Å²) < 4.78 is 26.6. The molecule has 1 rings (SSSR count). The van der Waals surface area contributed by atoms with E-state index in [4.69, 9.17) is 23.7 Å². The first-order valence-electron chi connectivity index (χ1n) is 10.4. The number of nitrogens with zero attached hydrogens (tertiary/aromatic N) is 1. The highest BCUT2D eigenvalue weighted by Crippen LogP contribution is 2.08. The maximum Gasteiger partial charge on any atom is 0.410 e. The molecule has 9 heteroatoms. The molecule has 0 fully saturated rings. The van der Waals surface area contributed by atoms with E-state index in [0.717, 1.165) is 5.56 Å². The SMILES string of the molecule is CN(CCOCCOCCOCCNC(=O)OCc1ccccc1)C(=O)OC(C)(C)C. The molecular weight excluding hydrogens is 404 g/mol. The zero-order chi connectivity index (χ0) is 23.0. The van der Waals surface area contributed by atoms with Gasteiger partial charge in [0, 0.05) is 20.1 Å². The van der Waals surface area contributed by atoms with Gasteiger partial charge in [-0.3, -0.25) is 0 Å². The molecule has 0 aliphatic carbocycles. The average Bonchev–Trinajstić information content (AvgIpc) is 2.72. The molecule has 0 aliphatic rings. The minimum atomic E-state index is -0.510. The highest BCUT2D eigenvalue weighted by molar-refractivity contribution is 5.67. The van der Waals surface area contributed by atoms with Crippen LogP contribution in [0.1, 0.15) is 26.3 Å². The van der Waals surface area contributed by atoms with Gasteiger partial charge in [-0.1, -0.05) is 30.3 Å². The lowest BCUT2D eigenvalue weighted by Crippen LogP contribution is -2.36. The van der Waals surface area contributed by atoms with Gasteiger partial charge in [0.15, 0.2) is 0 Å². The van der Waals surface area contributed by atoms with Crippen molar-refractivity contribution in [3.63, 3.8) is 0 Å². The summed E-state index contributed by atoms with van der Waals surface area (Å²) in [4.78, 5) is 24.8. The van der Waals surface area contributed by atoms with Gasteiger partial charge < -0.3 is 33.9 Å². The summed E-state index contributed by atoms with van der Waals surface area (Å²) in [6, 6.07) is 9.48. The molecule has 176 valence electrons. The highest BCUT2D eigenvalue weighted by Gasteiger charge is 2.19. The molecule has 0 spiro atoms. The van der Waals surface area contributed by atoms with E-state index in [1.807, 2.05) is 51.1 Å². The van der Waals surface area contributed by atoms with Crippen molar-refractivity contribution >= 4 is 12.2 Å². The van der Waals surface area contributed by atoms with E-state index in [2.05, 4.69) is 5.32 Å². The third-order valence-corrected chi connectivity index (χ3v) is 3.75. The molecule has 2 amide bonds. The van der Waals surface area contributed by atoms with Crippen LogP contribution in [0.25, 0.3) is 0 Å². The minimum absolute atomic E-state index is 0.237. The van der Waals surface area contributed by atoms with Gasteiger partial charge in [-0.15, -0.1) is 0 Å². The Morgan fingerprint density at radius 1 is 0.903 bits per heavy atom. The first kappa shape index (κ1) is 26.7. The Labute approximate surface area is 184 Å². The molecule has 0 heterocycles. The second-order valence-electron chi connectivity index (χ2n) is 7.73. The molecule has 9 nitrogen and oxygen atoms in total. The number of carbonyl (C=O) groups excluding carboxylic acids is 2. The number of rotatable bonds is 14. The van der Waals surface area contributed by atoms with Crippen LogP contribution >= 0.6 is 0 Å². The number of amides is 2. The second kappa shape index (κ2) is 15.4. The largest absolute Gasteiger partial charge is 0.445 e. The van der Waals surface area contributed by atoms with Crippen molar-refractivity contribution in [2.24, 2.45) is 0 Å². The Morgan fingerprint density at radius 2 is 1.48 bits per heavy atom. The van der Waals surface area contributed by atoms with Crippen molar-refractivity contribution in [2.45, 2.75) is 33.0 Å². The number of benzene rings is 1. The molecule has 0 saturated carbocycles. The summed E-state index contributed by atoms with van der Waals surface area (Å²) in [7, 11) is 1.67. The first-order valence-corrected chi connectivity index (χ1v) is 10.4. The molecule has 0 saturated heterocycles. The lowest BCUT2D eigenvalue weighted by molar-refractivity contribution is 0.00512. The zero-order valence-corrected chi connectivity index (χ0v) is 19.1. The second-order valence-corrected chi connectivity index (χ2v) is 7.73. The van der Waals surface area contributed by atoms with Crippen LogP contribution in [0.4, 0.5) is 9.59 Å². The van der Waals surface area contributed by atoms with Gasteiger partial charge in [-0.25, -0.2) is 9.59 Å². The fourth-order valence-corrected chi connectivity index (χ4v) is 2.17. The zero-order valence-electron chi connectivity index (χ0n) is 19.1. The normalized spacial score (nSPS) is 11.1. The van der Waals surface area contributed by atoms with Gasteiger partial charge in [0.25, 0.3) is 0 Å². The van der Waals surface area contributed by atoms with Gasteiger partial charge in [0.1, 0.15) is 12.2 Å². The predicted molar refractivity (Wildman–Crippen MR) is 116 cm³/mol. The summed E-state index contributed by atoms with van der Waals surface area (Å²) in [5.41, 5.74) is 0.425. The van der Waals surface area contributed by atoms with Crippen LogP contribution in [-0.4, -0.2) is 82.5 Å². The molecule has 31 heavy (non-hydrogen) atoms. The van der Waals surface area contributed by atoms with Crippen LogP contribution in [0.2, 0.25) is 0 Å². The molecule has 0 radical (unpaired) electrons. The molecule has 0 atom stereocenters. The van der Waals surface area contributed by atoms with Crippen molar-refractivity contribution in [1.29, 1.82) is 0 Å². The van der Waals surface area contributed by atoms with Crippen LogP contribution in [-0.2, 0) is 30.3 Å². The van der Waals surface area contributed by atoms with E-state index in [0.29, 0.717) is 52.7 Å². The smallest absolute Gasteiger partial charge is 0.410 e. The van der Waals surface area contributed by atoms with Crippen molar-refractivity contribution in [1.82, 2.24) is 10.2 Å². The third kappa shape index (κ3) is 15.1. The number of hydrogen-bond donors (Lipinski definition) is 1.